The first-order valence-corrected chi connectivity index (χ1v) is 10.1. The Kier molecular flexibility index (Phi) is 7.98. The molecule has 2 saturated heterocycles. The zero-order chi connectivity index (χ0) is 18.2. The van der Waals surface area contributed by atoms with E-state index < -0.39 is 6.04 Å². The fraction of sp³-hybridized carbons (Fsp3) is 0.812. The van der Waals surface area contributed by atoms with E-state index in [0.717, 1.165) is 37.9 Å². The molecule has 25 heavy (non-hydrogen) atoms. The van der Waals surface area contributed by atoms with Gasteiger partial charge < -0.3 is 21.7 Å². The van der Waals surface area contributed by atoms with E-state index >= 15 is 0 Å². The van der Waals surface area contributed by atoms with Crippen LogP contribution in [0.1, 0.15) is 44.9 Å². The summed E-state index contributed by atoms with van der Waals surface area (Å²) in [5.74, 6) is 0.812. The third kappa shape index (κ3) is 6.48. The summed E-state index contributed by atoms with van der Waals surface area (Å²) in [6.07, 6.45) is 5.66. The standard InChI is InChI=1S/C16H29N5O3S/c17-10(15(18)23)5-3-4-8-19-13(22)7-2-1-6-12-14-11(9-25-12)20-16(24)21-14/h10-12,14H,1-9,17H2,(H2,18,23)(H,19,22)(H2,20,21,24)/p+1. The van der Waals surface area contributed by atoms with Gasteiger partial charge in [0.1, 0.15) is 6.04 Å². The number of carbonyl (C=O) groups is 3. The number of amides is 4. The third-order valence-electron chi connectivity index (χ3n) is 4.76. The summed E-state index contributed by atoms with van der Waals surface area (Å²) in [5.41, 5.74) is 8.90. The molecule has 0 spiro atoms. The van der Waals surface area contributed by atoms with Crippen LogP contribution in [0.25, 0.3) is 0 Å². The molecule has 8 N–H and O–H groups in total. The summed E-state index contributed by atoms with van der Waals surface area (Å²) in [5, 5.41) is 9.28. The number of fused-ring (bicyclic) bond motifs is 1. The number of carbonyl (C=O) groups excluding carboxylic acids is 3. The molecule has 0 bridgehead atoms. The molecule has 0 aromatic heterocycles. The van der Waals surface area contributed by atoms with Crippen molar-refractivity contribution in [3.05, 3.63) is 0 Å². The van der Waals surface area contributed by atoms with Crippen molar-refractivity contribution in [3.63, 3.8) is 0 Å². The minimum atomic E-state index is -0.483. The molecule has 0 aromatic carbocycles. The lowest BCUT2D eigenvalue weighted by atomic mass is 10.0. The van der Waals surface area contributed by atoms with Crippen LogP contribution >= 0.6 is 11.8 Å². The van der Waals surface area contributed by atoms with Gasteiger partial charge in [-0.05, 0) is 32.1 Å². The van der Waals surface area contributed by atoms with Gasteiger partial charge in [-0.3, -0.25) is 10.5 Å². The Labute approximate surface area is 152 Å². The number of hydrogen-bond donors (Lipinski definition) is 5. The van der Waals surface area contributed by atoms with Crippen molar-refractivity contribution in [2.45, 2.75) is 68.3 Å². The maximum absolute atomic E-state index is 11.8. The molecule has 4 amide bonds. The quantitative estimate of drug-likeness (QED) is 0.236. The molecule has 9 heteroatoms. The van der Waals surface area contributed by atoms with Crippen molar-refractivity contribution in [2.75, 3.05) is 12.3 Å². The molecule has 4 unspecified atom stereocenters. The summed E-state index contributed by atoms with van der Waals surface area (Å²) < 4.78 is 0. The van der Waals surface area contributed by atoms with E-state index in [1.54, 1.807) is 0 Å². The van der Waals surface area contributed by atoms with Crippen LogP contribution in [0, 0.1) is 0 Å². The highest BCUT2D eigenvalue weighted by Gasteiger charge is 2.42. The molecule has 2 aliphatic rings. The van der Waals surface area contributed by atoms with E-state index in [1.807, 2.05) is 11.8 Å². The van der Waals surface area contributed by atoms with E-state index in [0.29, 0.717) is 24.6 Å². The van der Waals surface area contributed by atoms with Crippen LogP contribution in [0.15, 0.2) is 0 Å². The Hall–Kier alpha value is -1.32. The van der Waals surface area contributed by atoms with Crippen molar-refractivity contribution in [1.29, 1.82) is 0 Å². The average Bonchev–Trinajstić information content (AvgIpc) is 3.10. The topological polar surface area (TPSA) is 141 Å². The van der Waals surface area contributed by atoms with Crippen LogP contribution in [-0.2, 0) is 9.59 Å². The van der Waals surface area contributed by atoms with Gasteiger partial charge in [0.15, 0.2) is 0 Å². The van der Waals surface area contributed by atoms with Gasteiger partial charge in [0.2, 0.25) is 5.91 Å². The van der Waals surface area contributed by atoms with Crippen LogP contribution in [0.2, 0.25) is 0 Å². The molecular formula is C16H30N5O3S+. The van der Waals surface area contributed by atoms with E-state index in [2.05, 4.69) is 21.7 Å². The Morgan fingerprint density at radius 1 is 1.28 bits per heavy atom. The fourth-order valence-corrected chi connectivity index (χ4v) is 4.78. The van der Waals surface area contributed by atoms with Crippen LogP contribution in [-0.4, -0.2) is 53.5 Å². The minimum Gasteiger partial charge on any atom is -0.356 e. The lowest BCUT2D eigenvalue weighted by molar-refractivity contribution is -0.307. The minimum absolute atomic E-state index is 0.0554. The molecule has 0 aliphatic carbocycles. The maximum Gasteiger partial charge on any atom is 0.325 e. The van der Waals surface area contributed by atoms with E-state index in [-0.39, 0.29) is 29.9 Å². The SMILES string of the molecule is NC(CCCCNC(=O)CCCCC1SCC2NC(=O)NC21)C([NH3+])=O. The lowest BCUT2D eigenvalue weighted by Crippen LogP contribution is -2.64. The summed E-state index contributed by atoms with van der Waals surface area (Å²) in [6, 6.07) is -0.0376. The highest BCUT2D eigenvalue weighted by atomic mass is 32.2. The van der Waals surface area contributed by atoms with Crippen molar-refractivity contribution in [2.24, 2.45) is 5.73 Å². The zero-order valence-corrected chi connectivity index (χ0v) is 15.4. The predicted molar refractivity (Wildman–Crippen MR) is 96.7 cm³/mol. The summed E-state index contributed by atoms with van der Waals surface area (Å²) >= 11 is 1.90. The molecule has 0 saturated carbocycles. The first kappa shape index (κ1) is 20.0. The van der Waals surface area contributed by atoms with E-state index in [4.69, 9.17) is 5.73 Å². The van der Waals surface area contributed by atoms with Gasteiger partial charge >= 0.3 is 11.9 Å². The van der Waals surface area contributed by atoms with Crippen LogP contribution < -0.4 is 27.4 Å². The van der Waals surface area contributed by atoms with Crippen molar-refractivity contribution in [1.82, 2.24) is 16.0 Å². The molecule has 2 aliphatic heterocycles. The second-order valence-corrected chi connectivity index (χ2v) is 8.06. The number of urea groups is 1. The Balaban J connectivity index is 1.46. The van der Waals surface area contributed by atoms with Gasteiger partial charge in [-0.15, -0.1) is 0 Å². The number of quaternary nitrogens is 1. The van der Waals surface area contributed by atoms with Crippen molar-refractivity contribution < 1.29 is 20.1 Å². The molecule has 0 radical (unpaired) electrons. The number of unbranched alkanes of at least 4 members (excludes halogenated alkanes) is 2. The second kappa shape index (κ2) is 9.98. The Bertz CT molecular complexity index is 490. The second-order valence-electron chi connectivity index (χ2n) is 6.79. The number of nitrogens with two attached hydrogens (primary N) is 1. The first-order chi connectivity index (χ1) is 12.0. The van der Waals surface area contributed by atoms with Gasteiger partial charge in [0, 0.05) is 24.0 Å². The fourth-order valence-electron chi connectivity index (χ4n) is 3.24. The molecule has 2 fully saturated rings. The molecule has 2 heterocycles. The van der Waals surface area contributed by atoms with Gasteiger partial charge in [-0.1, -0.05) is 6.42 Å². The lowest BCUT2D eigenvalue weighted by Gasteiger charge is -2.16. The highest BCUT2D eigenvalue weighted by Crippen LogP contribution is 2.33. The molecule has 142 valence electrons. The van der Waals surface area contributed by atoms with Gasteiger partial charge in [0.05, 0.1) is 12.1 Å². The van der Waals surface area contributed by atoms with Gasteiger partial charge in [-0.2, -0.15) is 11.8 Å². The number of nitrogens with one attached hydrogen (secondary N) is 3. The van der Waals surface area contributed by atoms with Crippen molar-refractivity contribution in [3.8, 4) is 0 Å². The number of rotatable bonds is 11. The monoisotopic (exact) mass is 372 g/mol. The van der Waals surface area contributed by atoms with Gasteiger partial charge in [-0.25, -0.2) is 9.59 Å². The Morgan fingerprint density at radius 2 is 2.08 bits per heavy atom. The maximum atomic E-state index is 11.8. The number of thioether (sulfide) groups is 1. The van der Waals surface area contributed by atoms with Crippen molar-refractivity contribution >= 4 is 29.6 Å². The summed E-state index contributed by atoms with van der Waals surface area (Å²) in [4.78, 5) is 34.0. The zero-order valence-electron chi connectivity index (χ0n) is 14.6. The van der Waals surface area contributed by atoms with Crippen LogP contribution in [0.3, 0.4) is 0 Å². The molecular weight excluding hydrogens is 342 g/mol. The smallest absolute Gasteiger partial charge is 0.325 e. The van der Waals surface area contributed by atoms with E-state index in [9.17, 15) is 14.4 Å². The largest absolute Gasteiger partial charge is 0.356 e. The highest BCUT2D eigenvalue weighted by molar-refractivity contribution is 8.00. The predicted octanol–water partition coefficient (Wildman–Crippen LogP) is -0.905. The van der Waals surface area contributed by atoms with Crippen LogP contribution in [0.5, 0.6) is 0 Å². The normalized spacial score (nSPS) is 25.8. The van der Waals surface area contributed by atoms with E-state index in [1.165, 1.54) is 0 Å². The average molecular weight is 373 g/mol. The molecule has 8 nitrogen and oxygen atoms in total. The number of hydrogen-bond acceptors (Lipinski definition) is 5. The first-order valence-electron chi connectivity index (χ1n) is 9.04. The molecule has 4 atom stereocenters. The third-order valence-corrected chi connectivity index (χ3v) is 6.27. The van der Waals surface area contributed by atoms with Gasteiger partial charge in [0.25, 0.3) is 0 Å². The van der Waals surface area contributed by atoms with Crippen LogP contribution in [0.4, 0.5) is 4.79 Å². The summed E-state index contributed by atoms with van der Waals surface area (Å²) in [7, 11) is 0. The molecule has 2 rings (SSSR count). The summed E-state index contributed by atoms with van der Waals surface area (Å²) in [6.45, 7) is 0.622. The molecule has 0 aromatic rings. The Morgan fingerprint density at radius 3 is 2.84 bits per heavy atom.